The van der Waals surface area contributed by atoms with Crippen molar-refractivity contribution < 1.29 is 9.26 Å². The third-order valence-electron chi connectivity index (χ3n) is 4.54. The van der Waals surface area contributed by atoms with Gasteiger partial charge in [-0.1, -0.05) is 17.3 Å². The Kier molecular flexibility index (Phi) is 5.53. The lowest BCUT2D eigenvalue weighted by atomic mass is 10.1. The van der Waals surface area contributed by atoms with Crippen molar-refractivity contribution in [3.63, 3.8) is 0 Å². The maximum Gasteiger partial charge on any atom is 0.133 e. The summed E-state index contributed by atoms with van der Waals surface area (Å²) >= 11 is 0. The van der Waals surface area contributed by atoms with Crippen molar-refractivity contribution in [3.8, 4) is 5.75 Å². The lowest BCUT2D eigenvalue weighted by molar-refractivity contribution is 0.111. The molecule has 0 amide bonds. The standard InChI is InChI=1S/C19H27N3O2/c1-15-4-5-16(2)19(12-15)23-11-10-21-6-8-22(9-7-21)14-18-13-17(3)24-20-18/h4-5,12-13H,6-11,14H2,1-3H3. The lowest BCUT2D eigenvalue weighted by Crippen LogP contribution is -2.47. The van der Waals surface area contributed by atoms with Gasteiger partial charge in [0.2, 0.25) is 0 Å². The first kappa shape index (κ1) is 17.0. The second kappa shape index (κ2) is 7.81. The maximum absolute atomic E-state index is 5.97. The van der Waals surface area contributed by atoms with E-state index < -0.39 is 0 Å². The number of piperazine rings is 1. The van der Waals surface area contributed by atoms with E-state index in [0.717, 1.165) is 63.1 Å². The second-order valence-electron chi connectivity index (χ2n) is 6.66. The van der Waals surface area contributed by atoms with Crippen molar-refractivity contribution in [1.82, 2.24) is 15.0 Å². The van der Waals surface area contributed by atoms with Gasteiger partial charge in [-0.25, -0.2) is 0 Å². The van der Waals surface area contributed by atoms with E-state index in [1.54, 1.807) is 0 Å². The largest absolute Gasteiger partial charge is 0.492 e. The van der Waals surface area contributed by atoms with Gasteiger partial charge in [0.05, 0.1) is 5.69 Å². The van der Waals surface area contributed by atoms with Crippen LogP contribution in [0.25, 0.3) is 0 Å². The fourth-order valence-corrected chi connectivity index (χ4v) is 3.04. The molecule has 0 N–H and O–H groups in total. The van der Waals surface area contributed by atoms with E-state index in [0.29, 0.717) is 0 Å². The smallest absolute Gasteiger partial charge is 0.133 e. The Morgan fingerprint density at radius 3 is 2.50 bits per heavy atom. The Balaban J connectivity index is 1.38. The zero-order chi connectivity index (χ0) is 16.9. The van der Waals surface area contributed by atoms with E-state index in [2.05, 4.69) is 47.0 Å². The number of nitrogens with zero attached hydrogens (tertiary/aromatic N) is 3. The predicted octanol–water partition coefficient (Wildman–Crippen LogP) is 2.80. The minimum atomic E-state index is 0.743. The minimum Gasteiger partial charge on any atom is -0.492 e. The van der Waals surface area contributed by atoms with E-state index in [4.69, 9.17) is 9.26 Å². The molecule has 0 spiro atoms. The van der Waals surface area contributed by atoms with Crippen LogP contribution in [0.15, 0.2) is 28.8 Å². The highest BCUT2D eigenvalue weighted by molar-refractivity contribution is 5.35. The van der Waals surface area contributed by atoms with Gasteiger partial charge in [-0.15, -0.1) is 0 Å². The van der Waals surface area contributed by atoms with Crippen LogP contribution in [0.3, 0.4) is 0 Å². The van der Waals surface area contributed by atoms with Crippen LogP contribution in [0.1, 0.15) is 22.6 Å². The molecule has 0 unspecified atom stereocenters. The highest BCUT2D eigenvalue weighted by atomic mass is 16.5. The Bertz CT molecular complexity index is 660. The average molecular weight is 329 g/mol. The van der Waals surface area contributed by atoms with Gasteiger partial charge in [-0.3, -0.25) is 9.80 Å². The van der Waals surface area contributed by atoms with Crippen LogP contribution in [0.5, 0.6) is 5.75 Å². The highest BCUT2D eigenvalue weighted by Crippen LogP contribution is 2.19. The van der Waals surface area contributed by atoms with Gasteiger partial charge in [0.15, 0.2) is 0 Å². The molecule has 5 heteroatoms. The Hall–Kier alpha value is -1.85. The number of benzene rings is 1. The summed E-state index contributed by atoms with van der Waals surface area (Å²) in [5.74, 6) is 1.89. The van der Waals surface area contributed by atoms with Crippen LogP contribution >= 0.6 is 0 Å². The fourth-order valence-electron chi connectivity index (χ4n) is 3.04. The van der Waals surface area contributed by atoms with Crippen molar-refractivity contribution in [1.29, 1.82) is 0 Å². The van der Waals surface area contributed by atoms with E-state index in [9.17, 15) is 0 Å². The molecule has 1 aliphatic rings. The van der Waals surface area contributed by atoms with Gasteiger partial charge in [-0.2, -0.15) is 0 Å². The summed E-state index contributed by atoms with van der Waals surface area (Å²) in [6.07, 6.45) is 0. The number of rotatable bonds is 6. The third kappa shape index (κ3) is 4.58. The Labute approximate surface area is 144 Å². The molecular weight excluding hydrogens is 302 g/mol. The first-order chi connectivity index (χ1) is 11.6. The predicted molar refractivity (Wildman–Crippen MR) is 94.4 cm³/mol. The molecule has 0 atom stereocenters. The quantitative estimate of drug-likeness (QED) is 0.815. The highest BCUT2D eigenvalue weighted by Gasteiger charge is 2.18. The zero-order valence-corrected chi connectivity index (χ0v) is 14.9. The van der Waals surface area contributed by atoms with Crippen LogP contribution in [-0.4, -0.2) is 54.3 Å². The summed E-state index contributed by atoms with van der Waals surface area (Å²) in [4.78, 5) is 4.90. The normalized spacial score (nSPS) is 16.5. The first-order valence-electron chi connectivity index (χ1n) is 8.67. The van der Waals surface area contributed by atoms with Crippen molar-refractivity contribution in [3.05, 3.63) is 46.8 Å². The van der Waals surface area contributed by atoms with Crippen LogP contribution in [0.2, 0.25) is 0 Å². The lowest BCUT2D eigenvalue weighted by Gasteiger charge is -2.34. The summed E-state index contributed by atoms with van der Waals surface area (Å²) < 4.78 is 11.1. The molecule has 24 heavy (non-hydrogen) atoms. The van der Waals surface area contributed by atoms with Gasteiger partial charge in [0.25, 0.3) is 0 Å². The molecule has 2 aromatic rings. The Morgan fingerprint density at radius 1 is 1.04 bits per heavy atom. The topological polar surface area (TPSA) is 41.7 Å². The first-order valence-corrected chi connectivity index (χ1v) is 8.67. The molecule has 0 saturated carbocycles. The number of ether oxygens (including phenoxy) is 1. The average Bonchev–Trinajstić information content (AvgIpc) is 2.97. The molecule has 5 nitrogen and oxygen atoms in total. The van der Waals surface area contributed by atoms with Crippen molar-refractivity contribution in [2.24, 2.45) is 0 Å². The number of aryl methyl sites for hydroxylation is 3. The van der Waals surface area contributed by atoms with E-state index >= 15 is 0 Å². The van der Waals surface area contributed by atoms with Crippen molar-refractivity contribution >= 4 is 0 Å². The van der Waals surface area contributed by atoms with Gasteiger partial charge in [0.1, 0.15) is 18.1 Å². The van der Waals surface area contributed by atoms with Gasteiger partial charge in [0, 0.05) is 45.3 Å². The Morgan fingerprint density at radius 2 is 1.79 bits per heavy atom. The third-order valence-corrected chi connectivity index (χ3v) is 4.54. The molecule has 3 rings (SSSR count). The van der Waals surface area contributed by atoms with E-state index in [-0.39, 0.29) is 0 Å². The molecular formula is C19H27N3O2. The summed E-state index contributed by atoms with van der Waals surface area (Å²) in [7, 11) is 0. The SMILES string of the molecule is Cc1ccc(C)c(OCCN2CCN(Cc3cc(C)on3)CC2)c1. The molecule has 0 aliphatic carbocycles. The molecule has 0 bridgehead atoms. The fraction of sp³-hybridized carbons (Fsp3) is 0.526. The van der Waals surface area contributed by atoms with Crippen molar-refractivity contribution in [2.45, 2.75) is 27.3 Å². The number of hydrogen-bond donors (Lipinski definition) is 0. The molecule has 130 valence electrons. The molecule has 0 radical (unpaired) electrons. The van der Waals surface area contributed by atoms with Gasteiger partial charge in [-0.05, 0) is 38.0 Å². The zero-order valence-electron chi connectivity index (χ0n) is 14.9. The molecule has 1 aromatic carbocycles. The summed E-state index contributed by atoms with van der Waals surface area (Å²) in [6.45, 7) is 13.0. The number of hydrogen-bond acceptors (Lipinski definition) is 5. The molecule has 1 saturated heterocycles. The monoisotopic (exact) mass is 329 g/mol. The molecule has 2 heterocycles. The minimum absolute atomic E-state index is 0.743. The van der Waals surface area contributed by atoms with E-state index in [1.807, 2.05) is 13.0 Å². The van der Waals surface area contributed by atoms with E-state index in [1.165, 1.54) is 11.1 Å². The molecule has 1 aromatic heterocycles. The summed E-state index contributed by atoms with van der Waals surface area (Å²) in [6, 6.07) is 8.38. The van der Waals surface area contributed by atoms with Crippen LogP contribution < -0.4 is 4.74 Å². The van der Waals surface area contributed by atoms with Gasteiger partial charge >= 0.3 is 0 Å². The number of aromatic nitrogens is 1. The maximum atomic E-state index is 5.97. The molecule has 1 fully saturated rings. The van der Waals surface area contributed by atoms with Crippen LogP contribution in [-0.2, 0) is 6.54 Å². The van der Waals surface area contributed by atoms with Crippen LogP contribution in [0, 0.1) is 20.8 Å². The second-order valence-corrected chi connectivity index (χ2v) is 6.66. The summed E-state index contributed by atoms with van der Waals surface area (Å²) in [5.41, 5.74) is 3.47. The van der Waals surface area contributed by atoms with Crippen LogP contribution in [0.4, 0.5) is 0 Å². The van der Waals surface area contributed by atoms with Crippen molar-refractivity contribution in [2.75, 3.05) is 39.3 Å². The molecule has 1 aliphatic heterocycles. The van der Waals surface area contributed by atoms with Gasteiger partial charge < -0.3 is 9.26 Å². The summed E-state index contributed by atoms with van der Waals surface area (Å²) in [5, 5.41) is 4.08.